The highest BCUT2D eigenvalue weighted by molar-refractivity contribution is 9.11. The first-order valence-electron chi connectivity index (χ1n) is 8.51. The maximum atomic E-state index is 12.8. The van der Waals surface area contributed by atoms with Gasteiger partial charge in [-0.15, -0.1) is 0 Å². The monoisotopic (exact) mass is 568 g/mol. The molecule has 0 saturated carbocycles. The molecule has 7 heteroatoms. The third-order valence-corrected chi connectivity index (χ3v) is 7.02. The van der Waals surface area contributed by atoms with Crippen LogP contribution in [0.1, 0.15) is 21.5 Å². The summed E-state index contributed by atoms with van der Waals surface area (Å²) >= 11 is 20.8. The maximum Gasteiger partial charge on any atom is 0.200 e. The van der Waals surface area contributed by atoms with Crippen molar-refractivity contribution in [3.8, 4) is 5.75 Å². The molecule has 0 atom stereocenters. The Morgan fingerprint density at radius 3 is 2.59 bits per heavy atom. The van der Waals surface area contributed by atoms with Gasteiger partial charge in [0.25, 0.3) is 0 Å². The molecule has 0 bridgehead atoms. The second-order valence-corrected chi connectivity index (χ2v) is 9.96. The number of carbonyl (C=O) groups is 1. The molecule has 0 spiro atoms. The Labute approximate surface area is 199 Å². The second kappa shape index (κ2) is 8.86. The smallest absolute Gasteiger partial charge is 0.200 e. The fraction of sp³-hybridized carbons (Fsp3) is 0.0455. The zero-order valence-corrected chi connectivity index (χ0v) is 20.2. The van der Waals surface area contributed by atoms with Gasteiger partial charge in [0, 0.05) is 36.1 Å². The van der Waals surface area contributed by atoms with E-state index in [1.165, 1.54) is 11.8 Å². The van der Waals surface area contributed by atoms with Gasteiger partial charge in [0.05, 0.1) is 9.38 Å². The molecule has 0 radical (unpaired) electrons. The van der Waals surface area contributed by atoms with E-state index in [2.05, 4.69) is 31.9 Å². The van der Waals surface area contributed by atoms with Gasteiger partial charge in [-0.2, -0.15) is 0 Å². The minimum Gasteiger partial charge on any atom is -0.487 e. The molecule has 1 aliphatic heterocycles. The number of carbonyl (C=O) groups excluding carboxylic acids is 1. The zero-order valence-electron chi connectivity index (χ0n) is 14.7. The molecule has 0 aliphatic carbocycles. The summed E-state index contributed by atoms with van der Waals surface area (Å²) in [5, 5.41) is 1.12. The standard InChI is InChI=1S/C22H12Br2Cl2O2S/c23-14-7-13(8-20-21(27)16-3-1-2-4-19(16)29-20)22(17(24)9-14)28-11-12-5-6-15(25)10-18(12)26/h1-10H,11H2/b20-8-. The molecule has 1 aliphatic rings. The summed E-state index contributed by atoms with van der Waals surface area (Å²) in [5.74, 6) is 0.657. The van der Waals surface area contributed by atoms with Crippen LogP contribution >= 0.6 is 66.8 Å². The van der Waals surface area contributed by atoms with Crippen molar-refractivity contribution < 1.29 is 9.53 Å². The normalized spacial score (nSPS) is 14.3. The minimum atomic E-state index is 0.0217. The van der Waals surface area contributed by atoms with Gasteiger partial charge in [-0.05, 0) is 58.4 Å². The van der Waals surface area contributed by atoms with Crippen LogP contribution < -0.4 is 4.74 Å². The van der Waals surface area contributed by atoms with Crippen molar-refractivity contribution in [2.45, 2.75) is 11.5 Å². The Balaban J connectivity index is 1.67. The van der Waals surface area contributed by atoms with E-state index in [1.54, 1.807) is 12.1 Å². The molecule has 0 fully saturated rings. The summed E-state index contributed by atoms with van der Waals surface area (Å²) in [6.45, 7) is 0.272. The number of Topliss-reactive ketones (excluding diaryl/α,β-unsaturated/α-hetero) is 1. The Morgan fingerprint density at radius 1 is 1.03 bits per heavy atom. The quantitative estimate of drug-likeness (QED) is 0.294. The van der Waals surface area contributed by atoms with Gasteiger partial charge in [0.2, 0.25) is 5.78 Å². The third-order valence-electron chi connectivity index (χ3n) is 4.29. The predicted octanol–water partition coefficient (Wildman–Crippen LogP) is 8.43. The summed E-state index contributed by atoms with van der Waals surface area (Å²) in [6, 6.07) is 16.7. The summed E-state index contributed by atoms with van der Waals surface area (Å²) < 4.78 is 7.74. The maximum absolute atomic E-state index is 12.8. The number of allylic oxidation sites excluding steroid dienone is 1. The van der Waals surface area contributed by atoms with Gasteiger partial charge in [-0.3, -0.25) is 4.79 Å². The van der Waals surface area contributed by atoms with Crippen molar-refractivity contribution in [3.63, 3.8) is 0 Å². The Morgan fingerprint density at radius 2 is 1.83 bits per heavy atom. The number of ketones is 1. The molecule has 3 aromatic carbocycles. The number of fused-ring (bicyclic) bond motifs is 1. The fourth-order valence-corrected chi connectivity index (χ4v) is 5.78. The van der Waals surface area contributed by atoms with Gasteiger partial charge < -0.3 is 4.74 Å². The molecule has 0 N–H and O–H groups in total. The summed E-state index contributed by atoms with van der Waals surface area (Å²) in [7, 11) is 0. The lowest BCUT2D eigenvalue weighted by Gasteiger charge is -2.13. The van der Waals surface area contributed by atoms with Gasteiger partial charge in [0.1, 0.15) is 12.4 Å². The molecule has 0 aromatic heterocycles. The molecule has 1 heterocycles. The second-order valence-electron chi connectivity index (χ2n) is 6.27. The van der Waals surface area contributed by atoms with E-state index in [0.29, 0.717) is 20.7 Å². The largest absolute Gasteiger partial charge is 0.487 e. The van der Waals surface area contributed by atoms with E-state index < -0.39 is 0 Å². The fourth-order valence-electron chi connectivity index (χ4n) is 2.91. The molecular formula is C22H12Br2Cl2O2S. The van der Waals surface area contributed by atoms with Crippen molar-refractivity contribution in [3.05, 3.63) is 95.2 Å². The highest BCUT2D eigenvalue weighted by Crippen LogP contribution is 2.43. The average molecular weight is 571 g/mol. The molecule has 2 nitrogen and oxygen atoms in total. The Bertz CT molecular complexity index is 1160. The Hall–Kier alpha value is -1.24. The number of halogens is 4. The lowest BCUT2D eigenvalue weighted by molar-refractivity contribution is 0.104. The van der Waals surface area contributed by atoms with Crippen molar-refractivity contribution in [2.75, 3.05) is 0 Å². The van der Waals surface area contributed by atoms with E-state index >= 15 is 0 Å². The molecule has 146 valence electrons. The molecule has 0 amide bonds. The van der Waals surface area contributed by atoms with Crippen LogP contribution in [0.3, 0.4) is 0 Å². The van der Waals surface area contributed by atoms with Crippen LogP contribution in [-0.4, -0.2) is 5.78 Å². The van der Waals surface area contributed by atoms with Crippen LogP contribution in [0.2, 0.25) is 10.0 Å². The average Bonchev–Trinajstić information content (AvgIpc) is 2.98. The number of rotatable bonds is 4. The topological polar surface area (TPSA) is 26.3 Å². The molecule has 0 unspecified atom stereocenters. The lowest BCUT2D eigenvalue weighted by atomic mass is 10.1. The van der Waals surface area contributed by atoms with Gasteiger partial charge >= 0.3 is 0 Å². The number of hydrogen-bond donors (Lipinski definition) is 0. The summed E-state index contributed by atoms with van der Waals surface area (Å²) in [5.41, 5.74) is 2.34. The molecule has 29 heavy (non-hydrogen) atoms. The first-order valence-corrected chi connectivity index (χ1v) is 11.7. The Kier molecular flexibility index (Phi) is 6.42. The SMILES string of the molecule is O=C1/C(=C/c2cc(Br)cc(Br)c2OCc2ccc(Cl)cc2Cl)Sc2ccccc21. The summed E-state index contributed by atoms with van der Waals surface area (Å²) in [6.07, 6.45) is 1.86. The van der Waals surface area contributed by atoms with Gasteiger partial charge in [-0.25, -0.2) is 0 Å². The van der Waals surface area contributed by atoms with E-state index in [1.807, 2.05) is 48.5 Å². The van der Waals surface area contributed by atoms with Crippen molar-refractivity contribution in [2.24, 2.45) is 0 Å². The minimum absolute atomic E-state index is 0.0217. The molecule has 0 saturated heterocycles. The van der Waals surface area contributed by atoms with E-state index in [-0.39, 0.29) is 12.4 Å². The van der Waals surface area contributed by atoms with Crippen LogP contribution in [0.5, 0.6) is 5.75 Å². The highest BCUT2D eigenvalue weighted by Gasteiger charge is 2.26. The van der Waals surface area contributed by atoms with Crippen LogP contribution in [0.15, 0.2) is 73.3 Å². The van der Waals surface area contributed by atoms with E-state index in [4.69, 9.17) is 27.9 Å². The molecule has 3 aromatic rings. The third kappa shape index (κ3) is 4.59. The first kappa shape index (κ1) is 21.0. The van der Waals surface area contributed by atoms with E-state index in [0.717, 1.165) is 30.5 Å². The first-order chi connectivity index (χ1) is 13.9. The van der Waals surface area contributed by atoms with Gasteiger partial charge in [-0.1, -0.05) is 69.1 Å². The van der Waals surface area contributed by atoms with Crippen LogP contribution in [0.4, 0.5) is 0 Å². The highest BCUT2D eigenvalue weighted by atomic mass is 79.9. The lowest BCUT2D eigenvalue weighted by Crippen LogP contribution is -2.00. The van der Waals surface area contributed by atoms with Gasteiger partial charge in [0.15, 0.2) is 0 Å². The molecule has 4 rings (SSSR count). The number of ether oxygens (including phenoxy) is 1. The van der Waals surface area contributed by atoms with Crippen molar-refractivity contribution in [1.29, 1.82) is 0 Å². The zero-order chi connectivity index (χ0) is 20.5. The van der Waals surface area contributed by atoms with Crippen LogP contribution in [0.25, 0.3) is 6.08 Å². The van der Waals surface area contributed by atoms with Crippen molar-refractivity contribution >= 4 is 78.7 Å². The number of benzene rings is 3. The summed E-state index contributed by atoms with van der Waals surface area (Å²) in [4.78, 5) is 14.4. The van der Waals surface area contributed by atoms with Crippen LogP contribution in [-0.2, 0) is 6.61 Å². The van der Waals surface area contributed by atoms with E-state index in [9.17, 15) is 4.79 Å². The van der Waals surface area contributed by atoms with Crippen molar-refractivity contribution in [1.82, 2.24) is 0 Å². The van der Waals surface area contributed by atoms with Crippen LogP contribution in [0, 0.1) is 0 Å². The number of hydrogen-bond acceptors (Lipinski definition) is 3. The predicted molar refractivity (Wildman–Crippen MR) is 127 cm³/mol. The number of thioether (sulfide) groups is 1. The molecular weight excluding hydrogens is 559 g/mol.